The third-order valence-electron chi connectivity index (χ3n) is 1.73. The number of rotatable bonds is 2. The maximum Gasteiger partial charge on any atom is 0.309 e. The second kappa shape index (κ2) is 3.40. The van der Waals surface area contributed by atoms with Gasteiger partial charge in [-0.2, -0.15) is 0 Å². The van der Waals surface area contributed by atoms with Gasteiger partial charge in [-0.05, 0) is 19.3 Å². The Morgan fingerprint density at radius 2 is 2.60 bits per heavy atom. The molecule has 0 aromatic heterocycles. The van der Waals surface area contributed by atoms with Crippen LogP contribution in [0, 0.1) is 5.92 Å². The van der Waals surface area contributed by atoms with Crippen LogP contribution in [0.1, 0.15) is 19.3 Å². The SMILES string of the molecule is C=CCC1CCCOC1=O. The van der Waals surface area contributed by atoms with Gasteiger partial charge in [0.15, 0.2) is 0 Å². The number of esters is 1. The molecule has 2 heteroatoms. The summed E-state index contributed by atoms with van der Waals surface area (Å²) in [5.74, 6) is 0.0393. The first-order valence-corrected chi connectivity index (χ1v) is 3.62. The van der Waals surface area contributed by atoms with E-state index in [-0.39, 0.29) is 11.9 Å². The van der Waals surface area contributed by atoms with E-state index in [9.17, 15) is 4.79 Å². The fourth-order valence-electron chi connectivity index (χ4n) is 1.15. The molecule has 0 amide bonds. The summed E-state index contributed by atoms with van der Waals surface area (Å²) in [6.07, 6.45) is 4.51. The Hall–Kier alpha value is -0.790. The van der Waals surface area contributed by atoms with Gasteiger partial charge in [0.25, 0.3) is 0 Å². The largest absolute Gasteiger partial charge is 0.465 e. The molecule has 1 saturated heterocycles. The molecule has 0 aromatic carbocycles. The highest BCUT2D eigenvalue weighted by molar-refractivity contribution is 5.73. The summed E-state index contributed by atoms with van der Waals surface area (Å²) in [6, 6.07) is 0. The summed E-state index contributed by atoms with van der Waals surface area (Å²) in [6.45, 7) is 4.19. The zero-order valence-corrected chi connectivity index (χ0v) is 6.01. The molecule has 0 N–H and O–H groups in total. The molecule has 2 nitrogen and oxygen atoms in total. The molecule has 0 spiro atoms. The quantitative estimate of drug-likeness (QED) is 0.429. The zero-order chi connectivity index (χ0) is 7.40. The van der Waals surface area contributed by atoms with Crippen LogP contribution < -0.4 is 0 Å². The second-order valence-electron chi connectivity index (χ2n) is 2.53. The number of allylic oxidation sites excluding steroid dienone is 1. The van der Waals surface area contributed by atoms with Crippen molar-refractivity contribution in [3.63, 3.8) is 0 Å². The van der Waals surface area contributed by atoms with E-state index in [4.69, 9.17) is 4.74 Å². The van der Waals surface area contributed by atoms with Crippen molar-refractivity contribution in [2.24, 2.45) is 5.92 Å². The molecule has 0 aromatic rings. The van der Waals surface area contributed by atoms with Crippen molar-refractivity contribution in [1.29, 1.82) is 0 Å². The lowest BCUT2D eigenvalue weighted by molar-refractivity contribution is -0.152. The number of cyclic esters (lactones) is 1. The topological polar surface area (TPSA) is 26.3 Å². The van der Waals surface area contributed by atoms with Crippen molar-refractivity contribution in [1.82, 2.24) is 0 Å². The summed E-state index contributed by atoms with van der Waals surface area (Å²) in [7, 11) is 0. The van der Waals surface area contributed by atoms with E-state index >= 15 is 0 Å². The average Bonchev–Trinajstić information content (AvgIpc) is 1.94. The first-order valence-electron chi connectivity index (χ1n) is 3.62. The molecule has 1 aliphatic rings. The lowest BCUT2D eigenvalue weighted by atomic mass is 9.98. The van der Waals surface area contributed by atoms with E-state index in [0.717, 1.165) is 19.3 Å². The first kappa shape index (κ1) is 7.32. The van der Waals surface area contributed by atoms with Crippen molar-refractivity contribution in [3.05, 3.63) is 12.7 Å². The molecule has 0 aliphatic carbocycles. The van der Waals surface area contributed by atoms with Gasteiger partial charge in [-0.15, -0.1) is 6.58 Å². The predicted octanol–water partition coefficient (Wildman–Crippen LogP) is 1.52. The summed E-state index contributed by atoms with van der Waals surface area (Å²) in [5.41, 5.74) is 0. The van der Waals surface area contributed by atoms with Crippen molar-refractivity contribution in [2.75, 3.05) is 6.61 Å². The highest BCUT2D eigenvalue weighted by Gasteiger charge is 2.21. The van der Waals surface area contributed by atoms with Crippen LogP contribution in [0.4, 0.5) is 0 Å². The van der Waals surface area contributed by atoms with Crippen LogP contribution in [0.25, 0.3) is 0 Å². The molecule has 10 heavy (non-hydrogen) atoms. The summed E-state index contributed by atoms with van der Waals surface area (Å²) in [5, 5.41) is 0. The molecule has 1 aliphatic heterocycles. The Balaban J connectivity index is 2.39. The lowest BCUT2D eigenvalue weighted by Gasteiger charge is -2.18. The standard InChI is InChI=1S/C8H12O2/c1-2-4-7-5-3-6-10-8(7)9/h2,7H,1,3-6H2. The van der Waals surface area contributed by atoms with Gasteiger partial charge in [-0.25, -0.2) is 0 Å². The van der Waals surface area contributed by atoms with Crippen molar-refractivity contribution < 1.29 is 9.53 Å². The average molecular weight is 140 g/mol. The van der Waals surface area contributed by atoms with Crippen LogP contribution in [0.2, 0.25) is 0 Å². The predicted molar refractivity (Wildman–Crippen MR) is 38.5 cm³/mol. The highest BCUT2D eigenvalue weighted by Crippen LogP contribution is 2.18. The monoisotopic (exact) mass is 140 g/mol. The minimum absolute atomic E-state index is 0.0499. The van der Waals surface area contributed by atoms with Gasteiger partial charge in [0.2, 0.25) is 0 Å². The van der Waals surface area contributed by atoms with Crippen LogP contribution in [0.15, 0.2) is 12.7 Å². The third-order valence-corrected chi connectivity index (χ3v) is 1.73. The van der Waals surface area contributed by atoms with Gasteiger partial charge >= 0.3 is 5.97 Å². The third kappa shape index (κ3) is 1.59. The fourth-order valence-corrected chi connectivity index (χ4v) is 1.15. The van der Waals surface area contributed by atoms with Crippen LogP contribution in [-0.2, 0) is 9.53 Å². The van der Waals surface area contributed by atoms with E-state index in [1.807, 2.05) is 0 Å². The van der Waals surface area contributed by atoms with Gasteiger partial charge in [0.1, 0.15) is 0 Å². The summed E-state index contributed by atoms with van der Waals surface area (Å²) >= 11 is 0. The molecule has 1 heterocycles. The Morgan fingerprint density at radius 1 is 1.80 bits per heavy atom. The molecule has 56 valence electrons. The number of carbonyl (C=O) groups is 1. The van der Waals surface area contributed by atoms with Crippen LogP contribution in [0.3, 0.4) is 0 Å². The van der Waals surface area contributed by atoms with E-state index in [2.05, 4.69) is 6.58 Å². The van der Waals surface area contributed by atoms with Gasteiger partial charge in [0, 0.05) is 0 Å². The van der Waals surface area contributed by atoms with Crippen molar-refractivity contribution in [3.8, 4) is 0 Å². The molecule has 0 radical (unpaired) electrons. The maximum absolute atomic E-state index is 10.9. The number of hydrogen-bond acceptors (Lipinski definition) is 2. The number of hydrogen-bond donors (Lipinski definition) is 0. The maximum atomic E-state index is 10.9. The summed E-state index contributed by atoms with van der Waals surface area (Å²) in [4.78, 5) is 10.9. The number of carbonyl (C=O) groups excluding carboxylic acids is 1. The lowest BCUT2D eigenvalue weighted by Crippen LogP contribution is -2.23. The smallest absolute Gasteiger partial charge is 0.309 e. The van der Waals surface area contributed by atoms with E-state index in [1.54, 1.807) is 6.08 Å². The zero-order valence-electron chi connectivity index (χ0n) is 6.01. The Kier molecular flexibility index (Phi) is 2.49. The van der Waals surface area contributed by atoms with Crippen LogP contribution in [-0.4, -0.2) is 12.6 Å². The minimum atomic E-state index is -0.0499. The van der Waals surface area contributed by atoms with Gasteiger partial charge in [-0.1, -0.05) is 6.08 Å². The molecule has 1 atom stereocenters. The normalized spacial score (nSPS) is 25.6. The van der Waals surface area contributed by atoms with Gasteiger partial charge in [-0.3, -0.25) is 4.79 Å². The Labute approximate surface area is 60.9 Å². The molecular weight excluding hydrogens is 128 g/mol. The minimum Gasteiger partial charge on any atom is -0.465 e. The highest BCUT2D eigenvalue weighted by atomic mass is 16.5. The van der Waals surface area contributed by atoms with Crippen LogP contribution >= 0.6 is 0 Å². The summed E-state index contributed by atoms with van der Waals surface area (Å²) < 4.78 is 4.86. The molecule has 0 saturated carbocycles. The molecule has 1 unspecified atom stereocenters. The van der Waals surface area contributed by atoms with Gasteiger partial charge in [0.05, 0.1) is 12.5 Å². The van der Waals surface area contributed by atoms with E-state index in [1.165, 1.54) is 0 Å². The van der Waals surface area contributed by atoms with E-state index < -0.39 is 0 Å². The first-order chi connectivity index (χ1) is 4.84. The van der Waals surface area contributed by atoms with E-state index in [0.29, 0.717) is 6.61 Å². The number of ether oxygens (including phenoxy) is 1. The van der Waals surface area contributed by atoms with Gasteiger partial charge < -0.3 is 4.74 Å². The molecule has 1 fully saturated rings. The molecular formula is C8H12O2. The van der Waals surface area contributed by atoms with Crippen molar-refractivity contribution >= 4 is 5.97 Å². The Bertz CT molecular complexity index is 140. The second-order valence-corrected chi connectivity index (χ2v) is 2.53. The fraction of sp³-hybridized carbons (Fsp3) is 0.625. The Morgan fingerprint density at radius 3 is 3.20 bits per heavy atom. The van der Waals surface area contributed by atoms with Crippen molar-refractivity contribution in [2.45, 2.75) is 19.3 Å². The molecule has 1 rings (SSSR count). The molecule has 0 bridgehead atoms. The van der Waals surface area contributed by atoms with Crippen LogP contribution in [0.5, 0.6) is 0 Å².